The van der Waals surface area contributed by atoms with Crippen molar-refractivity contribution in [1.82, 2.24) is 10.7 Å². The van der Waals surface area contributed by atoms with Crippen LogP contribution in [0.1, 0.15) is 15.9 Å². The zero-order valence-corrected chi connectivity index (χ0v) is 13.6. The van der Waals surface area contributed by atoms with Crippen molar-refractivity contribution in [1.29, 1.82) is 0 Å². The lowest BCUT2D eigenvalue weighted by atomic mass is 10.2. The average molecular weight is 376 g/mol. The molecule has 23 heavy (non-hydrogen) atoms. The molecule has 2 rings (SSSR count). The van der Waals surface area contributed by atoms with Gasteiger partial charge in [0.1, 0.15) is 5.75 Å². The van der Waals surface area contributed by atoms with Gasteiger partial charge in [-0.3, -0.25) is 9.59 Å². The molecule has 0 radical (unpaired) electrons. The highest BCUT2D eigenvalue weighted by Crippen LogP contribution is 2.15. The quantitative estimate of drug-likeness (QED) is 0.551. The van der Waals surface area contributed by atoms with Crippen LogP contribution in [0, 0.1) is 0 Å². The summed E-state index contributed by atoms with van der Waals surface area (Å²) in [6, 6.07) is 13.4. The van der Waals surface area contributed by atoms with Gasteiger partial charge >= 0.3 is 0 Å². The molecule has 0 aromatic heterocycles. The molecule has 3 N–H and O–H groups in total. The molecule has 0 aliphatic heterocycles. The lowest BCUT2D eigenvalue weighted by molar-refractivity contribution is -0.120. The minimum Gasteiger partial charge on any atom is -0.508 e. The maximum Gasteiger partial charge on any atom is 0.259 e. The summed E-state index contributed by atoms with van der Waals surface area (Å²) in [6.45, 7) is -0.197. The Morgan fingerprint density at radius 3 is 2.70 bits per heavy atom. The van der Waals surface area contributed by atoms with E-state index < -0.39 is 5.91 Å². The van der Waals surface area contributed by atoms with E-state index in [0.717, 1.165) is 0 Å². The number of halogens is 1. The number of hydrazone groups is 1. The van der Waals surface area contributed by atoms with Crippen molar-refractivity contribution >= 4 is 34.0 Å². The van der Waals surface area contributed by atoms with Gasteiger partial charge in [-0.25, -0.2) is 5.43 Å². The molecule has 0 atom stereocenters. The third-order valence-electron chi connectivity index (χ3n) is 2.80. The number of carbonyl (C=O) groups is 2. The van der Waals surface area contributed by atoms with Gasteiger partial charge in [0.05, 0.1) is 18.3 Å². The number of hydrogen-bond acceptors (Lipinski definition) is 4. The van der Waals surface area contributed by atoms with Gasteiger partial charge in [-0.15, -0.1) is 0 Å². The fourth-order valence-electron chi connectivity index (χ4n) is 1.72. The number of hydrogen-bond donors (Lipinski definition) is 3. The highest BCUT2D eigenvalue weighted by Gasteiger charge is 2.10. The second kappa shape index (κ2) is 8.09. The summed E-state index contributed by atoms with van der Waals surface area (Å²) in [5.41, 5.74) is 3.38. The van der Waals surface area contributed by atoms with Crippen molar-refractivity contribution in [3.8, 4) is 5.75 Å². The van der Waals surface area contributed by atoms with Crippen molar-refractivity contribution in [2.75, 3.05) is 6.54 Å². The molecule has 0 spiro atoms. The Balaban J connectivity index is 1.81. The smallest absolute Gasteiger partial charge is 0.259 e. The van der Waals surface area contributed by atoms with Gasteiger partial charge in [0.2, 0.25) is 0 Å². The number of aromatic hydroxyl groups is 1. The molecule has 0 unspecified atom stereocenters. The van der Waals surface area contributed by atoms with Crippen LogP contribution in [0.25, 0.3) is 0 Å². The van der Waals surface area contributed by atoms with E-state index in [2.05, 4.69) is 31.8 Å². The van der Waals surface area contributed by atoms with Crippen LogP contribution in [0.2, 0.25) is 0 Å². The number of phenols is 1. The van der Waals surface area contributed by atoms with Gasteiger partial charge in [-0.05, 0) is 45.8 Å². The molecule has 0 fully saturated rings. The number of amides is 2. The third kappa shape index (κ3) is 5.23. The number of nitrogens with one attached hydrogen (secondary N) is 2. The standard InChI is InChI=1S/C16H14BrN3O3/c17-14-7-2-1-6-13(14)16(23)18-10-15(22)20-19-9-11-4-3-5-12(21)8-11/h1-9,21H,10H2,(H,18,23)(H,20,22). The first kappa shape index (κ1) is 16.7. The van der Waals surface area contributed by atoms with Crippen LogP contribution in [-0.4, -0.2) is 29.7 Å². The van der Waals surface area contributed by atoms with E-state index in [0.29, 0.717) is 15.6 Å². The molecule has 2 aromatic carbocycles. The summed E-state index contributed by atoms with van der Waals surface area (Å²) >= 11 is 3.27. The molecule has 7 heteroatoms. The molecule has 0 bridgehead atoms. The van der Waals surface area contributed by atoms with Gasteiger partial charge in [0, 0.05) is 4.47 Å². The highest BCUT2D eigenvalue weighted by atomic mass is 79.9. The summed E-state index contributed by atoms with van der Waals surface area (Å²) in [4.78, 5) is 23.5. The maximum atomic E-state index is 11.9. The molecule has 0 aliphatic rings. The van der Waals surface area contributed by atoms with Gasteiger partial charge in [-0.2, -0.15) is 5.10 Å². The number of benzene rings is 2. The Morgan fingerprint density at radius 2 is 1.96 bits per heavy atom. The fourth-order valence-corrected chi connectivity index (χ4v) is 2.19. The number of rotatable bonds is 5. The molecule has 2 aromatic rings. The van der Waals surface area contributed by atoms with Crippen LogP contribution < -0.4 is 10.7 Å². The van der Waals surface area contributed by atoms with Gasteiger partial charge < -0.3 is 10.4 Å². The number of phenolic OH excluding ortho intramolecular Hbond substituents is 1. The topological polar surface area (TPSA) is 90.8 Å². The first-order valence-electron chi connectivity index (χ1n) is 6.70. The summed E-state index contributed by atoms with van der Waals surface area (Å²) in [7, 11) is 0. The van der Waals surface area contributed by atoms with Crippen molar-refractivity contribution < 1.29 is 14.7 Å². The first-order valence-corrected chi connectivity index (χ1v) is 7.49. The Labute approximate surface area is 141 Å². The molecular weight excluding hydrogens is 362 g/mol. The molecule has 0 saturated heterocycles. The van der Waals surface area contributed by atoms with Crippen LogP contribution in [0.5, 0.6) is 5.75 Å². The first-order chi connectivity index (χ1) is 11.1. The molecule has 0 saturated carbocycles. The van der Waals surface area contributed by atoms with Crippen molar-refractivity contribution in [3.63, 3.8) is 0 Å². The summed E-state index contributed by atoms with van der Waals surface area (Å²) < 4.78 is 0.653. The second-order valence-electron chi connectivity index (χ2n) is 4.55. The van der Waals surface area contributed by atoms with Gasteiger partial charge in [-0.1, -0.05) is 24.3 Å². The van der Waals surface area contributed by atoms with Crippen LogP contribution >= 0.6 is 15.9 Å². The van der Waals surface area contributed by atoms with Crippen LogP contribution in [0.3, 0.4) is 0 Å². The molecular formula is C16H14BrN3O3. The Kier molecular flexibility index (Phi) is 5.87. The van der Waals surface area contributed by atoms with Crippen molar-refractivity contribution in [2.45, 2.75) is 0 Å². The van der Waals surface area contributed by atoms with E-state index in [1.54, 1.807) is 36.4 Å². The SMILES string of the molecule is O=C(CNC(=O)c1ccccc1Br)NN=Cc1cccc(O)c1. The van der Waals surface area contributed by atoms with E-state index in [1.165, 1.54) is 18.3 Å². The Hall–Kier alpha value is -2.67. The Bertz CT molecular complexity index is 747. The number of nitrogens with zero attached hydrogens (tertiary/aromatic N) is 1. The van der Waals surface area contributed by atoms with Crippen molar-refractivity contribution in [3.05, 3.63) is 64.1 Å². The lowest BCUT2D eigenvalue weighted by Gasteiger charge is -2.05. The van der Waals surface area contributed by atoms with E-state index >= 15 is 0 Å². The van der Waals surface area contributed by atoms with E-state index in [4.69, 9.17) is 0 Å². The molecule has 0 heterocycles. The summed E-state index contributed by atoms with van der Waals surface area (Å²) in [6.07, 6.45) is 1.40. The minimum absolute atomic E-state index is 0.112. The average Bonchev–Trinajstić information content (AvgIpc) is 2.53. The lowest BCUT2D eigenvalue weighted by Crippen LogP contribution is -2.35. The largest absolute Gasteiger partial charge is 0.508 e. The second-order valence-corrected chi connectivity index (χ2v) is 5.41. The van der Waals surface area contributed by atoms with E-state index in [1.807, 2.05) is 0 Å². The van der Waals surface area contributed by atoms with Crippen LogP contribution in [0.4, 0.5) is 0 Å². The normalized spacial score (nSPS) is 10.5. The van der Waals surface area contributed by atoms with Gasteiger partial charge in [0.25, 0.3) is 11.8 Å². The zero-order valence-electron chi connectivity index (χ0n) is 12.0. The van der Waals surface area contributed by atoms with E-state index in [9.17, 15) is 14.7 Å². The van der Waals surface area contributed by atoms with Crippen LogP contribution in [-0.2, 0) is 4.79 Å². The minimum atomic E-state index is -0.457. The fraction of sp³-hybridized carbons (Fsp3) is 0.0625. The van der Waals surface area contributed by atoms with Crippen molar-refractivity contribution in [2.24, 2.45) is 5.10 Å². The van der Waals surface area contributed by atoms with Gasteiger partial charge in [0.15, 0.2) is 0 Å². The molecule has 0 aliphatic carbocycles. The van der Waals surface area contributed by atoms with Crippen LogP contribution in [0.15, 0.2) is 58.1 Å². The third-order valence-corrected chi connectivity index (χ3v) is 3.49. The zero-order chi connectivity index (χ0) is 16.7. The highest BCUT2D eigenvalue weighted by molar-refractivity contribution is 9.10. The maximum absolute atomic E-state index is 11.9. The molecule has 2 amide bonds. The molecule has 6 nitrogen and oxygen atoms in total. The predicted molar refractivity (Wildman–Crippen MR) is 90.3 cm³/mol. The predicted octanol–water partition coefficient (Wildman–Crippen LogP) is 2.03. The molecule has 118 valence electrons. The van der Waals surface area contributed by atoms with E-state index in [-0.39, 0.29) is 18.2 Å². The summed E-state index contributed by atoms with van der Waals surface area (Å²) in [5, 5.41) is 15.6. The monoisotopic (exact) mass is 375 g/mol. The Morgan fingerprint density at radius 1 is 1.17 bits per heavy atom. The summed E-state index contributed by atoms with van der Waals surface area (Å²) in [5.74, 6) is -0.702. The number of carbonyl (C=O) groups excluding carboxylic acids is 2.